The smallest absolute Gasteiger partial charge is 0.163 e. The third-order valence-corrected chi connectivity index (χ3v) is 3.23. The lowest BCUT2D eigenvalue weighted by molar-refractivity contribution is 0.184. The van der Waals surface area contributed by atoms with E-state index in [2.05, 4.69) is 27.5 Å². The van der Waals surface area contributed by atoms with Gasteiger partial charge >= 0.3 is 0 Å². The minimum Gasteiger partial charge on any atom is -0.383 e. The van der Waals surface area contributed by atoms with Crippen molar-refractivity contribution < 1.29 is 4.74 Å². The van der Waals surface area contributed by atoms with Crippen molar-refractivity contribution in [3.05, 3.63) is 36.4 Å². The lowest BCUT2D eigenvalue weighted by Crippen LogP contribution is -2.24. The molecule has 5 nitrogen and oxygen atoms in total. The molecule has 0 fully saturated rings. The quantitative estimate of drug-likeness (QED) is 0.819. The van der Waals surface area contributed by atoms with Crippen LogP contribution in [0, 0.1) is 0 Å². The SMILES string of the molecule is CCC(COC)Nc1cc(NC)nc(-c2ccccc2)n1. The molecule has 21 heavy (non-hydrogen) atoms. The fourth-order valence-corrected chi connectivity index (χ4v) is 2.04. The van der Waals surface area contributed by atoms with Gasteiger partial charge < -0.3 is 15.4 Å². The van der Waals surface area contributed by atoms with E-state index in [9.17, 15) is 0 Å². The molecule has 0 aliphatic carbocycles. The molecule has 0 aliphatic rings. The Bertz CT molecular complexity index is 559. The van der Waals surface area contributed by atoms with E-state index in [4.69, 9.17) is 4.74 Å². The van der Waals surface area contributed by atoms with Crippen molar-refractivity contribution in [1.82, 2.24) is 9.97 Å². The highest BCUT2D eigenvalue weighted by Gasteiger charge is 2.10. The Morgan fingerprint density at radius 1 is 1.14 bits per heavy atom. The summed E-state index contributed by atoms with van der Waals surface area (Å²) in [5.41, 5.74) is 0.998. The molecule has 1 atom stereocenters. The van der Waals surface area contributed by atoms with Gasteiger partial charge in [-0.1, -0.05) is 37.3 Å². The Labute approximate surface area is 125 Å². The predicted molar refractivity (Wildman–Crippen MR) is 86.6 cm³/mol. The molecule has 0 saturated heterocycles. The van der Waals surface area contributed by atoms with Crippen LogP contribution < -0.4 is 10.6 Å². The molecule has 2 rings (SSSR count). The molecule has 0 radical (unpaired) electrons. The average molecular weight is 286 g/mol. The van der Waals surface area contributed by atoms with E-state index >= 15 is 0 Å². The van der Waals surface area contributed by atoms with Gasteiger partial charge in [0, 0.05) is 25.8 Å². The molecular weight excluding hydrogens is 264 g/mol. The van der Waals surface area contributed by atoms with Gasteiger partial charge in [-0.25, -0.2) is 9.97 Å². The molecule has 0 bridgehead atoms. The van der Waals surface area contributed by atoms with Crippen LogP contribution >= 0.6 is 0 Å². The summed E-state index contributed by atoms with van der Waals surface area (Å²) in [5, 5.41) is 6.48. The first-order valence-electron chi connectivity index (χ1n) is 7.14. The van der Waals surface area contributed by atoms with E-state index in [0.717, 1.165) is 23.6 Å². The van der Waals surface area contributed by atoms with Crippen molar-refractivity contribution in [2.24, 2.45) is 0 Å². The molecule has 1 aromatic heterocycles. The Hall–Kier alpha value is -2.14. The number of benzene rings is 1. The summed E-state index contributed by atoms with van der Waals surface area (Å²) in [5.74, 6) is 2.30. The van der Waals surface area contributed by atoms with Gasteiger partial charge in [-0.2, -0.15) is 0 Å². The second-order valence-electron chi connectivity index (χ2n) is 4.78. The zero-order valence-electron chi connectivity index (χ0n) is 12.8. The zero-order valence-corrected chi connectivity index (χ0v) is 12.8. The Morgan fingerprint density at radius 2 is 1.86 bits per heavy atom. The lowest BCUT2D eigenvalue weighted by Gasteiger charge is -2.17. The highest BCUT2D eigenvalue weighted by molar-refractivity contribution is 5.61. The Morgan fingerprint density at radius 3 is 2.48 bits per heavy atom. The maximum atomic E-state index is 5.22. The molecule has 0 spiro atoms. The van der Waals surface area contributed by atoms with E-state index in [1.165, 1.54) is 0 Å². The highest BCUT2D eigenvalue weighted by atomic mass is 16.5. The zero-order chi connectivity index (χ0) is 15.1. The number of methoxy groups -OCH3 is 1. The third kappa shape index (κ3) is 4.16. The van der Waals surface area contributed by atoms with Crippen molar-refractivity contribution in [1.29, 1.82) is 0 Å². The number of anilines is 2. The van der Waals surface area contributed by atoms with Crippen LogP contribution in [0.4, 0.5) is 11.6 Å². The first-order chi connectivity index (χ1) is 10.3. The van der Waals surface area contributed by atoms with Crippen LogP contribution in [-0.2, 0) is 4.74 Å². The number of rotatable bonds is 7. The molecular formula is C16H22N4O. The Kier molecular flexibility index (Phi) is 5.51. The molecule has 0 aliphatic heterocycles. The molecule has 5 heteroatoms. The van der Waals surface area contributed by atoms with Crippen LogP contribution in [0.1, 0.15) is 13.3 Å². The molecule has 1 heterocycles. The van der Waals surface area contributed by atoms with E-state index < -0.39 is 0 Å². The number of hydrogen-bond donors (Lipinski definition) is 2. The second-order valence-corrected chi connectivity index (χ2v) is 4.78. The number of nitrogens with one attached hydrogen (secondary N) is 2. The maximum Gasteiger partial charge on any atom is 0.163 e. The van der Waals surface area contributed by atoms with Gasteiger partial charge in [-0.05, 0) is 6.42 Å². The van der Waals surface area contributed by atoms with Crippen LogP contribution in [0.3, 0.4) is 0 Å². The van der Waals surface area contributed by atoms with Crippen molar-refractivity contribution >= 4 is 11.6 Å². The number of nitrogens with zero attached hydrogens (tertiary/aromatic N) is 2. The fourth-order valence-electron chi connectivity index (χ4n) is 2.04. The average Bonchev–Trinajstić information content (AvgIpc) is 2.55. The molecule has 2 N–H and O–H groups in total. The van der Waals surface area contributed by atoms with Crippen molar-refractivity contribution in [3.8, 4) is 11.4 Å². The van der Waals surface area contributed by atoms with Gasteiger partial charge in [-0.15, -0.1) is 0 Å². The third-order valence-electron chi connectivity index (χ3n) is 3.23. The van der Waals surface area contributed by atoms with Crippen LogP contribution in [0.5, 0.6) is 0 Å². The summed E-state index contributed by atoms with van der Waals surface area (Å²) in [6, 6.07) is 12.1. The monoisotopic (exact) mass is 286 g/mol. The normalized spacial score (nSPS) is 12.0. The first kappa shape index (κ1) is 15.3. The fraction of sp³-hybridized carbons (Fsp3) is 0.375. The second kappa shape index (κ2) is 7.59. The van der Waals surface area contributed by atoms with E-state index in [0.29, 0.717) is 12.4 Å². The van der Waals surface area contributed by atoms with Crippen LogP contribution in [0.15, 0.2) is 36.4 Å². The maximum absolute atomic E-state index is 5.22. The van der Waals surface area contributed by atoms with E-state index in [-0.39, 0.29) is 6.04 Å². The van der Waals surface area contributed by atoms with Crippen molar-refractivity contribution in [2.45, 2.75) is 19.4 Å². The number of hydrogen-bond acceptors (Lipinski definition) is 5. The lowest BCUT2D eigenvalue weighted by atomic mass is 10.2. The van der Waals surface area contributed by atoms with E-state index in [1.807, 2.05) is 43.4 Å². The first-order valence-corrected chi connectivity index (χ1v) is 7.14. The number of ether oxygens (including phenoxy) is 1. The number of aromatic nitrogens is 2. The summed E-state index contributed by atoms with van der Waals surface area (Å²) in [4.78, 5) is 9.11. The van der Waals surface area contributed by atoms with Gasteiger partial charge in [0.15, 0.2) is 5.82 Å². The molecule has 0 saturated carbocycles. The molecule has 1 unspecified atom stereocenters. The van der Waals surface area contributed by atoms with Gasteiger partial charge in [0.05, 0.1) is 12.6 Å². The van der Waals surface area contributed by atoms with Gasteiger partial charge in [-0.3, -0.25) is 0 Å². The minimum atomic E-state index is 0.234. The summed E-state index contributed by atoms with van der Waals surface area (Å²) in [6.45, 7) is 2.77. The minimum absolute atomic E-state index is 0.234. The molecule has 1 aromatic carbocycles. The van der Waals surface area contributed by atoms with Gasteiger partial charge in [0.1, 0.15) is 11.6 Å². The van der Waals surface area contributed by atoms with Crippen LogP contribution in [-0.4, -0.2) is 36.8 Å². The van der Waals surface area contributed by atoms with Crippen molar-refractivity contribution in [3.63, 3.8) is 0 Å². The molecule has 2 aromatic rings. The van der Waals surface area contributed by atoms with Crippen molar-refractivity contribution in [2.75, 3.05) is 31.4 Å². The van der Waals surface area contributed by atoms with Crippen LogP contribution in [0.25, 0.3) is 11.4 Å². The Balaban J connectivity index is 2.29. The van der Waals surface area contributed by atoms with E-state index in [1.54, 1.807) is 7.11 Å². The standard InChI is InChI=1S/C16H22N4O/c1-4-13(11-21-3)18-15-10-14(17-2)19-16(20-15)12-8-6-5-7-9-12/h5-10,13H,4,11H2,1-3H3,(H2,17,18,19,20). The van der Waals surface area contributed by atoms with Crippen LogP contribution in [0.2, 0.25) is 0 Å². The highest BCUT2D eigenvalue weighted by Crippen LogP contribution is 2.20. The summed E-state index contributed by atoms with van der Waals surface area (Å²) >= 11 is 0. The predicted octanol–water partition coefficient (Wildman–Crippen LogP) is 3.02. The largest absolute Gasteiger partial charge is 0.383 e. The molecule has 0 amide bonds. The molecule has 112 valence electrons. The summed E-state index contributed by atoms with van der Waals surface area (Å²) in [6.07, 6.45) is 0.966. The summed E-state index contributed by atoms with van der Waals surface area (Å²) in [7, 11) is 3.56. The van der Waals surface area contributed by atoms with Gasteiger partial charge in [0.2, 0.25) is 0 Å². The van der Waals surface area contributed by atoms with Gasteiger partial charge in [0.25, 0.3) is 0 Å². The topological polar surface area (TPSA) is 59.1 Å². The summed E-state index contributed by atoms with van der Waals surface area (Å²) < 4.78 is 5.22.